The first kappa shape index (κ1) is 16.3. The van der Waals surface area contributed by atoms with Gasteiger partial charge in [-0.1, -0.05) is 33.6 Å². The number of rotatable bonds is 10. The third-order valence-corrected chi connectivity index (χ3v) is 4.99. The van der Waals surface area contributed by atoms with Gasteiger partial charge in [-0.15, -0.1) is 0 Å². The Balaban J connectivity index is 1.65. The van der Waals surface area contributed by atoms with Crippen LogP contribution in [0.1, 0.15) is 59.3 Å². The van der Waals surface area contributed by atoms with E-state index in [-0.39, 0.29) is 0 Å². The number of likely N-dealkylation sites (N-methyl/N-ethyl adjacent to an activating group) is 1. The average Bonchev–Trinajstić information content (AvgIpc) is 3.20. The van der Waals surface area contributed by atoms with Gasteiger partial charge in [0.05, 0.1) is 12.2 Å². The van der Waals surface area contributed by atoms with Gasteiger partial charge in [0, 0.05) is 25.7 Å². The van der Waals surface area contributed by atoms with Crippen molar-refractivity contribution < 1.29 is 4.74 Å². The van der Waals surface area contributed by atoms with Crippen LogP contribution in [0, 0.1) is 5.92 Å². The molecule has 1 aliphatic carbocycles. The monoisotopic (exact) mass is 282 g/mol. The molecule has 2 aliphatic rings. The van der Waals surface area contributed by atoms with Crippen LogP contribution in [0.2, 0.25) is 0 Å². The fourth-order valence-electron chi connectivity index (χ4n) is 3.18. The van der Waals surface area contributed by atoms with Gasteiger partial charge < -0.3 is 15.0 Å². The van der Waals surface area contributed by atoms with Crippen molar-refractivity contribution in [2.45, 2.75) is 77.5 Å². The van der Waals surface area contributed by atoms with E-state index in [0.717, 1.165) is 31.6 Å². The first-order valence-corrected chi connectivity index (χ1v) is 8.86. The Hall–Kier alpha value is -0.120. The van der Waals surface area contributed by atoms with Crippen LogP contribution in [0.15, 0.2) is 0 Å². The lowest BCUT2D eigenvalue weighted by Gasteiger charge is -2.27. The lowest BCUT2D eigenvalue weighted by atomic mass is 10.0. The lowest BCUT2D eigenvalue weighted by molar-refractivity contribution is 0.0211. The molecule has 118 valence electrons. The Morgan fingerprint density at radius 2 is 1.75 bits per heavy atom. The molecule has 3 nitrogen and oxygen atoms in total. The second-order valence-corrected chi connectivity index (χ2v) is 6.67. The minimum atomic E-state index is 0.465. The lowest BCUT2D eigenvalue weighted by Crippen LogP contribution is -2.37. The quantitative estimate of drug-likeness (QED) is 0.666. The van der Waals surface area contributed by atoms with Gasteiger partial charge in [0.15, 0.2) is 0 Å². The SMILES string of the molecule is CCC(CC)CN(CC)CC1CCC(CNC2CC2)O1. The summed E-state index contributed by atoms with van der Waals surface area (Å²) in [4.78, 5) is 2.60. The van der Waals surface area contributed by atoms with Gasteiger partial charge in [-0.2, -0.15) is 0 Å². The third kappa shape index (κ3) is 5.34. The molecular weight excluding hydrogens is 248 g/mol. The van der Waals surface area contributed by atoms with E-state index in [4.69, 9.17) is 4.74 Å². The number of ether oxygens (including phenoxy) is 1. The van der Waals surface area contributed by atoms with E-state index in [1.165, 1.54) is 45.1 Å². The molecule has 0 aromatic carbocycles. The van der Waals surface area contributed by atoms with Crippen LogP contribution in [0.25, 0.3) is 0 Å². The number of nitrogens with zero attached hydrogens (tertiary/aromatic N) is 1. The summed E-state index contributed by atoms with van der Waals surface area (Å²) >= 11 is 0. The largest absolute Gasteiger partial charge is 0.372 e. The molecule has 0 aromatic heterocycles. The maximum absolute atomic E-state index is 6.22. The smallest absolute Gasteiger partial charge is 0.0707 e. The van der Waals surface area contributed by atoms with Crippen molar-refractivity contribution in [3.63, 3.8) is 0 Å². The molecule has 3 heteroatoms. The fourth-order valence-corrected chi connectivity index (χ4v) is 3.18. The Kier molecular flexibility index (Phi) is 6.79. The van der Waals surface area contributed by atoms with E-state index in [0.29, 0.717) is 12.2 Å². The van der Waals surface area contributed by atoms with Crippen LogP contribution in [0.3, 0.4) is 0 Å². The Morgan fingerprint density at radius 1 is 1.05 bits per heavy atom. The van der Waals surface area contributed by atoms with Gasteiger partial charge >= 0.3 is 0 Å². The van der Waals surface area contributed by atoms with Gasteiger partial charge in [0.1, 0.15) is 0 Å². The molecule has 1 saturated heterocycles. The molecule has 0 amide bonds. The minimum absolute atomic E-state index is 0.465. The highest BCUT2D eigenvalue weighted by Gasteiger charge is 2.29. The first-order chi connectivity index (χ1) is 9.75. The zero-order valence-electron chi connectivity index (χ0n) is 13.7. The van der Waals surface area contributed by atoms with Crippen LogP contribution in [0.5, 0.6) is 0 Å². The van der Waals surface area contributed by atoms with Crippen molar-refractivity contribution in [1.82, 2.24) is 10.2 Å². The number of nitrogens with one attached hydrogen (secondary N) is 1. The Morgan fingerprint density at radius 3 is 2.35 bits per heavy atom. The molecule has 1 saturated carbocycles. The summed E-state index contributed by atoms with van der Waals surface area (Å²) < 4.78 is 6.22. The van der Waals surface area contributed by atoms with Crippen molar-refractivity contribution in [1.29, 1.82) is 0 Å². The van der Waals surface area contributed by atoms with Gasteiger partial charge in [-0.05, 0) is 38.1 Å². The minimum Gasteiger partial charge on any atom is -0.372 e. The summed E-state index contributed by atoms with van der Waals surface area (Å²) in [6, 6.07) is 0.805. The highest BCUT2D eigenvalue weighted by atomic mass is 16.5. The molecule has 0 aromatic rings. The molecule has 2 unspecified atom stereocenters. The van der Waals surface area contributed by atoms with Gasteiger partial charge in [-0.3, -0.25) is 0 Å². The molecule has 1 heterocycles. The molecule has 20 heavy (non-hydrogen) atoms. The van der Waals surface area contributed by atoms with Crippen molar-refractivity contribution in [3.8, 4) is 0 Å². The van der Waals surface area contributed by atoms with E-state index in [1.54, 1.807) is 0 Å². The molecule has 1 aliphatic heterocycles. The van der Waals surface area contributed by atoms with Crippen LogP contribution >= 0.6 is 0 Å². The predicted molar refractivity (Wildman–Crippen MR) is 85.1 cm³/mol. The first-order valence-electron chi connectivity index (χ1n) is 8.86. The summed E-state index contributed by atoms with van der Waals surface area (Å²) in [6.07, 6.45) is 8.76. The van der Waals surface area contributed by atoms with E-state index in [2.05, 4.69) is 31.0 Å². The summed E-state index contributed by atoms with van der Waals surface area (Å²) in [5, 5.41) is 3.60. The van der Waals surface area contributed by atoms with Gasteiger partial charge in [0.25, 0.3) is 0 Å². The van der Waals surface area contributed by atoms with Crippen LogP contribution in [-0.2, 0) is 4.74 Å². The van der Waals surface area contributed by atoms with E-state index < -0.39 is 0 Å². The summed E-state index contributed by atoms with van der Waals surface area (Å²) in [5.74, 6) is 0.851. The average molecular weight is 282 g/mol. The van der Waals surface area contributed by atoms with Gasteiger partial charge in [0.2, 0.25) is 0 Å². The zero-order valence-corrected chi connectivity index (χ0v) is 13.7. The van der Waals surface area contributed by atoms with E-state index >= 15 is 0 Å². The molecular formula is C17H34N2O. The molecule has 0 spiro atoms. The molecule has 2 atom stereocenters. The Labute approximate surface area is 125 Å². The van der Waals surface area contributed by atoms with Crippen LogP contribution < -0.4 is 5.32 Å². The standard InChI is InChI=1S/C17H34N2O/c1-4-14(5-2)12-19(6-3)13-17-10-9-16(20-17)11-18-15-7-8-15/h14-18H,4-13H2,1-3H3. The highest BCUT2D eigenvalue weighted by Crippen LogP contribution is 2.23. The summed E-state index contributed by atoms with van der Waals surface area (Å²) in [7, 11) is 0. The number of hydrogen-bond donors (Lipinski definition) is 1. The highest BCUT2D eigenvalue weighted by molar-refractivity contribution is 4.84. The van der Waals surface area contributed by atoms with Crippen molar-refractivity contribution in [2.75, 3.05) is 26.2 Å². The van der Waals surface area contributed by atoms with Crippen LogP contribution in [-0.4, -0.2) is 49.3 Å². The molecule has 0 bridgehead atoms. The number of hydrogen-bond acceptors (Lipinski definition) is 3. The Bertz CT molecular complexity index is 264. The summed E-state index contributed by atoms with van der Waals surface area (Å²) in [6.45, 7) is 11.5. The normalized spacial score (nSPS) is 26.9. The fraction of sp³-hybridized carbons (Fsp3) is 1.00. The molecule has 1 N–H and O–H groups in total. The van der Waals surface area contributed by atoms with E-state index in [1.807, 2.05) is 0 Å². The molecule has 2 rings (SSSR count). The molecule has 2 fully saturated rings. The maximum Gasteiger partial charge on any atom is 0.0707 e. The second kappa shape index (κ2) is 8.35. The van der Waals surface area contributed by atoms with Crippen molar-refractivity contribution in [3.05, 3.63) is 0 Å². The topological polar surface area (TPSA) is 24.5 Å². The zero-order chi connectivity index (χ0) is 14.4. The molecule has 0 radical (unpaired) electrons. The predicted octanol–water partition coefficient (Wildman–Crippen LogP) is 3.04. The van der Waals surface area contributed by atoms with E-state index in [9.17, 15) is 0 Å². The van der Waals surface area contributed by atoms with Crippen molar-refractivity contribution in [2.24, 2.45) is 5.92 Å². The maximum atomic E-state index is 6.22. The summed E-state index contributed by atoms with van der Waals surface area (Å²) in [5.41, 5.74) is 0. The second-order valence-electron chi connectivity index (χ2n) is 6.67. The van der Waals surface area contributed by atoms with Crippen molar-refractivity contribution >= 4 is 0 Å². The third-order valence-electron chi connectivity index (χ3n) is 4.99. The van der Waals surface area contributed by atoms with Gasteiger partial charge in [-0.25, -0.2) is 0 Å². The van der Waals surface area contributed by atoms with Crippen LogP contribution in [0.4, 0.5) is 0 Å².